The summed E-state index contributed by atoms with van der Waals surface area (Å²) in [5, 5.41) is 2.77. The normalized spacial score (nSPS) is 15.5. The van der Waals surface area contributed by atoms with Crippen LogP contribution in [-0.4, -0.2) is 37.6 Å². The number of nitrogens with one attached hydrogen (secondary N) is 1. The number of carbonyl (C=O) groups is 2. The molecule has 6 nitrogen and oxygen atoms in total. The topological polar surface area (TPSA) is 67.9 Å². The van der Waals surface area contributed by atoms with Crippen LogP contribution < -0.4 is 19.7 Å². The van der Waals surface area contributed by atoms with Gasteiger partial charge in [-0.15, -0.1) is 0 Å². The lowest BCUT2D eigenvalue weighted by atomic mass is 10.1. The summed E-state index contributed by atoms with van der Waals surface area (Å²) >= 11 is 0. The minimum atomic E-state index is -0.816. The van der Waals surface area contributed by atoms with E-state index in [1.807, 2.05) is 6.92 Å². The van der Waals surface area contributed by atoms with Gasteiger partial charge in [-0.3, -0.25) is 9.59 Å². The lowest BCUT2D eigenvalue weighted by molar-refractivity contribution is -0.128. The third kappa shape index (κ3) is 4.36. The van der Waals surface area contributed by atoms with Gasteiger partial charge in [-0.25, -0.2) is 4.39 Å². The van der Waals surface area contributed by atoms with Gasteiger partial charge >= 0.3 is 0 Å². The molecule has 0 bridgehead atoms. The number of fused-ring (bicyclic) bond motifs is 1. The molecular weight excluding hydrogens is 351 g/mol. The zero-order valence-corrected chi connectivity index (χ0v) is 15.0. The largest absolute Gasteiger partial charge is 0.481 e. The lowest BCUT2D eigenvalue weighted by Gasteiger charge is -2.34. The molecule has 142 valence electrons. The molecule has 1 heterocycles. The monoisotopic (exact) mass is 372 g/mol. The van der Waals surface area contributed by atoms with Crippen molar-refractivity contribution in [2.45, 2.75) is 19.4 Å². The van der Waals surface area contributed by atoms with Crippen molar-refractivity contribution in [3.05, 3.63) is 54.3 Å². The van der Waals surface area contributed by atoms with Crippen molar-refractivity contribution in [1.29, 1.82) is 0 Å². The zero-order valence-electron chi connectivity index (χ0n) is 15.0. The van der Waals surface area contributed by atoms with Crippen LogP contribution in [0, 0.1) is 5.82 Å². The number of para-hydroxylation sites is 3. The van der Waals surface area contributed by atoms with Crippen molar-refractivity contribution in [1.82, 2.24) is 5.32 Å². The van der Waals surface area contributed by atoms with Gasteiger partial charge in [-0.05, 0) is 30.7 Å². The molecule has 27 heavy (non-hydrogen) atoms. The molecular formula is C20H21FN2O4. The molecule has 2 aromatic rings. The molecule has 0 saturated carbocycles. The fraction of sp³-hybridized carbons (Fsp3) is 0.300. The van der Waals surface area contributed by atoms with Gasteiger partial charge in [0.15, 0.2) is 24.3 Å². The molecule has 1 aliphatic heterocycles. The molecule has 0 unspecified atom stereocenters. The standard InChI is InChI=1S/C20H21FN2O4/c1-2-11-22-20(25)18-12-23(15-8-4-6-10-17(15)27-18)19(24)13-26-16-9-5-3-7-14(16)21/h3-10,18H,2,11-13H2,1H3,(H,22,25)/t18-/m1/s1. The molecule has 2 amide bonds. The molecule has 1 atom stereocenters. The van der Waals surface area contributed by atoms with E-state index in [1.54, 1.807) is 36.4 Å². The van der Waals surface area contributed by atoms with Gasteiger partial charge in [0.05, 0.1) is 12.2 Å². The number of halogens is 1. The highest BCUT2D eigenvalue weighted by Gasteiger charge is 2.33. The van der Waals surface area contributed by atoms with Crippen LogP contribution in [0.2, 0.25) is 0 Å². The highest BCUT2D eigenvalue weighted by molar-refractivity contribution is 5.98. The van der Waals surface area contributed by atoms with E-state index in [-0.39, 0.29) is 30.7 Å². The number of amides is 2. The summed E-state index contributed by atoms with van der Waals surface area (Å²) in [4.78, 5) is 26.5. The van der Waals surface area contributed by atoms with E-state index in [4.69, 9.17) is 9.47 Å². The smallest absolute Gasteiger partial charge is 0.265 e. The summed E-state index contributed by atoms with van der Waals surface area (Å²) < 4.78 is 24.8. The van der Waals surface area contributed by atoms with Gasteiger partial charge in [-0.2, -0.15) is 0 Å². The first-order chi connectivity index (χ1) is 13.1. The minimum Gasteiger partial charge on any atom is -0.481 e. The lowest BCUT2D eigenvalue weighted by Crippen LogP contribution is -2.51. The minimum absolute atomic E-state index is 0.00429. The number of carbonyl (C=O) groups excluding carboxylic acids is 2. The Bertz CT molecular complexity index is 827. The van der Waals surface area contributed by atoms with E-state index >= 15 is 0 Å². The van der Waals surface area contributed by atoms with Crippen molar-refractivity contribution < 1.29 is 23.5 Å². The van der Waals surface area contributed by atoms with Gasteiger partial charge in [0, 0.05) is 6.54 Å². The molecule has 1 aliphatic rings. The van der Waals surface area contributed by atoms with Crippen LogP contribution in [0.15, 0.2) is 48.5 Å². The van der Waals surface area contributed by atoms with Crippen LogP contribution in [-0.2, 0) is 9.59 Å². The van der Waals surface area contributed by atoms with Crippen LogP contribution in [0.3, 0.4) is 0 Å². The Morgan fingerprint density at radius 1 is 1.22 bits per heavy atom. The van der Waals surface area contributed by atoms with Gasteiger partial charge < -0.3 is 19.7 Å². The van der Waals surface area contributed by atoms with E-state index in [0.29, 0.717) is 18.0 Å². The summed E-state index contributed by atoms with van der Waals surface area (Å²) in [6.07, 6.45) is -0.0161. The number of benzene rings is 2. The Labute approximate surface area is 156 Å². The second-order valence-corrected chi connectivity index (χ2v) is 6.09. The van der Waals surface area contributed by atoms with Crippen LogP contribution in [0.4, 0.5) is 10.1 Å². The first kappa shape index (κ1) is 18.7. The van der Waals surface area contributed by atoms with Crippen molar-refractivity contribution in [3.8, 4) is 11.5 Å². The van der Waals surface area contributed by atoms with Crippen LogP contribution in [0.25, 0.3) is 0 Å². The van der Waals surface area contributed by atoms with Crippen LogP contribution >= 0.6 is 0 Å². The zero-order chi connectivity index (χ0) is 19.2. The summed E-state index contributed by atoms with van der Waals surface area (Å²) in [5.74, 6) is -0.754. The molecule has 2 aromatic carbocycles. The number of hydrogen-bond donors (Lipinski definition) is 1. The Hall–Kier alpha value is -3.09. The number of hydrogen-bond acceptors (Lipinski definition) is 4. The van der Waals surface area contributed by atoms with E-state index in [0.717, 1.165) is 6.42 Å². The summed E-state index contributed by atoms with van der Waals surface area (Å²) in [6.45, 7) is 2.20. The summed E-state index contributed by atoms with van der Waals surface area (Å²) in [5.41, 5.74) is 0.555. The van der Waals surface area contributed by atoms with Gasteiger partial charge in [0.2, 0.25) is 0 Å². The highest BCUT2D eigenvalue weighted by atomic mass is 19.1. The third-order valence-electron chi connectivity index (χ3n) is 4.10. The van der Waals surface area contributed by atoms with E-state index in [2.05, 4.69) is 5.32 Å². The quantitative estimate of drug-likeness (QED) is 0.846. The van der Waals surface area contributed by atoms with Crippen molar-refractivity contribution >= 4 is 17.5 Å². The van der Waals surface area contributed by atoms with Crippen LogP contribution in [0.5, 0.6) is 11.5 Å². The average Bonchev–Trinajstić information content (AvgIpc) is 2.70. The molecule has 7 heteroatoms. The number of nitrogens with zero attached hydrogens (tertiary/aromatic N) is 1. The third-order valence-corrected chi connectivity index (χ3v) is 4.10. The molecule has 0 aromatic heterocycles. The predicted octanol–water partition coefficient (Wildman–Crippen LogP) is 2.52. The number of rotatable bonds is 6. The molecule has 0 spiro atoms. The first-order valence-electron chi connectivity index (χ1n) is 8.81. The Balaban J connectivity index is 1.74. The Morgan fingerprint density at radius 2 is 1.96 bits per heavy atom. The molecule has 3 rings (SSSR count). The predicted molar refractivity (Wildman–Crippen MR) is 98.4 cm³/mol. The SMILES string of the molecule is CCCNC(=O)[C@H]1CN(C(=O)COc2ccccc2F)c2ccccc2O1. The molecule has 0 radical (unpaired) electrons. The van der Waals surface area contributed by atoms with Crippen molar-refractivity contribution in [3.63, 3.8) is 0 Å². The Kier molecular flexibility index (Phi) is 5.90. The number of ether oxygens (including phenoxy) is 2. The fourth-order valence-electron chi connectivity index (χ4n) is 2.75. The average molecular weight is 372 g/mol. The van der Waals surface area contributed by atoms with Gasteiger partial charge in [-0.1, -0.05) is 31.2 Å². The van der Waals surface area contributed by atoms with Crippen LogP contribution in [0.1, 0.15) is 13.3 Å². The van der Waals surface area contributed by atoms with Crippen molar-refractivity contribution in [2.75, 3.05) is 24.6 Å². The fourth-order valence-corrected chi connectivity index (χ4v) is 2.75. The maximum absolute atomic E-state index is 13.7. The molecule has 0 saturated heterocycles. The van der Waals surface area contributed by atoms with E-state index in [9.17, 15) is 14.0 Å². The van der Waals surface area contributed by atoms with E-state index < -0.39 is 11.9 Å². The van der Waals surface area contributed by atoms with Crippen molar-refractivity contribution in [2.24, 2.45) is 0 Å². The molecule has 0 fully saturated rings. The van der Waals surface area contributed by atoms with Gasteiger partial charge in [0.1, 0.15) is 5.75 Å². The molecule has 0 aliphatic carbocycles. The summed E-state index contributed by atoms with van der Waals surface area (Å²) in [6, 6.07) is 12.9. The Morgan fingerprint density at radius 3 is 2.74 bits per heavy atom. The molecule has 1 N–H and O–H groups in total. The maximum atomic E-state index is 13.7. The summed E-state index contributed by atoms with van der Waals surface area (Å²) in [7, 11) is 0. The van der Waals surface area contributed by atoms with E-state index in [1.165, 1.54) is 17.0 Å². The second-order valence-electron chi connectivity index (χ2n) is 6.09. The van der Waals surface area contributed by atoms with Gasteiger partial charge in [0.25, 0.3) is 11.8 Å². The highest BCUT2D eigenvalue weighted by Crippen LogP contribution is 2.33. The second kappa shape index (κ2) is 8.53. The maximum Gasteiger partial charge on any atom is 0.265 e. The first-order valence-corrected chi connectivity index (χ1v) is 8.81. The number of anilines is 1.